The number of aromatic nitrogens is 1. The molecular formula is C28H37BN4O7. The average Bonchev–Trinajstić information content (AvgIpc) is 3.12. The van der Waals surface area contributed by atoms with Gasteiger partial charge in [-0.2, -0.15) is 0 Å². The monoisotopic (exact) mass is 552 g/mol. The maximum Gasteiger partial charge on any atom is 0.605 e. The number of amides is 2. The number of benzene rings is 1. The Balaban J connectivity index is 1.59. The molecule has 0 radical (unpaired) electrons. The maximum absolute atomic E-state index is 13.6. The molecule has 6 atom stereocenters. The molecule has 214 valence electrons. The summed E-state index contributed by atoms with van der Waals surface area (Å²) in [5.74, 6) is -3.22. The first-order chi connectivity index (χ1) is 18.9. The fourth-order valence-corrected chi connectivity index (χ4v) is 5.68. The van der Waals surface area contributed by atoms with Crippen LogP contribution < -0.4 is 10.6 Å². The highest BCUT2D eigenvalue weighted by Crippen LogP contribution is 2.40. The van der Waals surface area contributed by atoms with Crippen LogP contribution in [0.25, 0.3) is 11.3 Å². The Bertz CT molecular complexity index is 1290. The highest BCUT2D eigenvalue weighted by molar-refractivity contribution is 6.67. The van der Waals surface area contributed by atoms with Gasteiger partial charge in [0.05, 0.1) is 30.7 Å². The molecular weight excluding hydrogens is 515 g/mol. The van der Waals surface area contributed by atoms with Gasteiger partial charge in [0.15, 0.2) is 0 Å². The van der Waals surface area contributed by atoms with Crippen molar-refractivity contribution in [1.29, 1.82) is 0 Å². The van der Waals surface area contributed by atoms with Crippen LogP contribution in [0.1, 0.15) is 51.0 Å². The van der Waals surface area contributed by atoms with E-state index in [-0.39, 0.29) is 22.4 Å². The van der Waals surface area contributed by atoms with Crippen LogP contribution in [0.4, 0.5) is 0 Å². The lowest BCUT2D eigenvalue weighted by Crippen LogP contribution is -2.79. The highest BCUT2D eigenvalue weighted by Gasteiger charge is 2.69. The van der Waals surface area contributed by atoms with Crippen molar-refractivity contribution in [3.05, 3.63) is 54.2 Å². The van der Waals surface area contributed by atoms with Crippen LogP contribution in [0.5, 0.6) is 0 Å². The van der Waals surface area contributed by atoms with Crippen molar-refractivity contribution in [3.63, 3.8) is 0 Å². The number of nitrogens with one attached hydrogen (secondary N) is 2. The van der Waals surface area contributed by atoms with Crippen molar-refractivity contribution in [2.45, 2.75) is 64.7 Å². The summed E-state index contributed by atoms with van der Waals surface area (Å²) in [5, 5.41) is 16.0. The number of carbonyl (C=O) groups excluding carboxylic acids is 4. The van der Waals surface area contributed by atoms with Crippen molar-refractivity contribution in [2.24, 2.45) is 5.92 Å². The Morgan fingerprint density at radius 3 is 2.42 bits per heavy atom. The van der Waals surface area contributed by atoms with Crippen molar-refractivity contribution in [2.75, 3.05) is 13.6 Å². The standard InChI is InChI=1S/C28H37BN4O7/c1-17(2)16-23(29-33(5,15-14-24(35)39-29)18(3)28(38)40-29)31-27(37)25(19(4)34)32-26(36)22-13-9-12-21(30-22)20-10-7-6-8-11-20/h6-13,17-19,23,25,34H,14-16H2,1-5H3,(H,31,37)(H,32,36)/t18-,19-,23+,25+,29?,33?/m1/s1. The number of hydrogen-bond donors (Lipinski definition) is 3. The van der Waals surface area contributed by atoms with Crippen molar-refractivity contribution in [3.8, 4) is 11.3 Å². The van der Waals surface area contributed by atoms with E-state index in [4.69, 9.17) is 9.31 Å². The molecule has 3 N–H and O–H groups in total. The van der Waals surface area contributed by atoms with Crippen molar-refractivity contribution >= 4 is 30.4 Å². The molecule has 11 nitrogen and oxygen atoms in total. The van der Waals surface area contributed by atoms with Gasteiger partial charge < -0.3 is 29.4 Å². The first kappa shape index (κ1) is 29.2. The van der Waals surface area contributed by atoms with Crippen molar-refractivity contribution < 1.29 is 38.0 Å². The molecule has 4 rings (SSSR count). The molecule has 1 aromatic carbocycles. The molecule has 12 heteroatoms. The van der Waals surface area contributed by atoms with Gasteiger partial charge in [-0.05, 0) is 38.3 Å². The molecule has 2 unspecified atom stereocenters. The number of quaternary nitrogens is 1. The fourth-order valence-electron chi connectivity index (χ4n) is 5.68. The van der Waals surface area contributed by atoms with Crippen LogP contribution in [-0.2, 0) is 23.7 Å². The van der Waals surface area contributed by atoms with Gasteiger partial charge in [0.1, 0.15) is 17.8 Å². The minimum Gasteiger partial charge on any atom is -0.603 e. The van der Waals surface area contributed by atoms with E-state index >= 15 is 0 Å². The van der Waals surface area contributed by atoms with E-state index in [0.717, 1.165) is 5.56 Å². The predicted molar refractivity (Wildman–Crippen MR) is 147 cm³/mol. The number of nitrogens with zero attached hydrogens (tertiary/aromatic N) is 2. The number of pyridine rings is 1. The molecule has 3 heterocycles. The third kappa shape index (κ3) is 5.46. The predicted octanol–water partition coefficient (Wildman–Crippen LogP) is 1.58. The Hall–Kier alpha value is -3.77. The van der Waals surface area contributed by atoms with Crippen LogP contribution in [-0.4, -0.2) is 82.6 Å². The first-order valence-corrected chi connectivity index (χ1v) is 13.6. The van der Waals surface area contributed by atoms with Crippen LogP contribution in [0.2, 0.25) is 0 Å². The topological polar surface area (TPSA) is 144 Å². The van der Waals surface area contributed by atoms with Crippen molar-refractivity contribution in [1.82, 2.24) is 15.6 Å². The summed E-state index contributed by atoms with van der Waals surface area (Å²) in [6, 6.07) is 12.4. The normalized spacial score (nSPS) is 26.2. The number of hydrogen-bond acceptors (Lipinski definition) is 8. The van der Waals surface area contributed by atoms with E-state index in [0.29, 0.717) is 18.7 Å². The van der Waals surface area contributed by atoms with Gasteiger partial charge in [-0.15, -0.1) is 0 Å². The Labute approximate surface area is 233 Å². The molecule has 2 saturated heterocycles. The van der Waals surface area contributed by atoms with Crippen LogP contribution >= 0.6 is 0 Å². The van der Waals surface area contributed by atoms with Gasteiger partial charge >= 0.3 is 12.7 Å². The third-order valence-corrected chi connectivity index (χ3v) is 8.10. The number of fused-ring (bicyclic) bond motifs is 1. The van der Waals surface area contributed by atoms with Gasteiger partial charge in [0.25, 0.3) is 11.9 Å². The number of aliphatic hydroxyl groups excluding tert-OH is 1. The molecule has 0 spiro atoms. The third-order valence-electron chi connectivity index (χ3n) is 8.10. The second-order valence-corrected chi connectivity index (χ2v) is 11.4. The number of carbonyl (C=O) groups is 4. The minimum atomic E-state index is -2.66. The van der Waals surface area contributed by atoms with Gasteiger partial charge in [-0.1, -0.05) is 50.2 Å². The molecule has 2 aliphatic heterocycles. The molecule has 0 saturated carbocycles. The molecule has 2 aliphatic rings. The maximum atomic E-state index is 13.6. The minimum absolute atomic E-state index is 0.0180. The zero-order valence-electron chi connectivity index (χ0n) is 23.5. The summed E-state index contributed by atoms with van der Waals surface area (Å²) in [6.07, 6.45) is -0.829. The van der Waals surface area contributed by atoms with E-state index < -0.39 is 54.6 Å². The summed E-state index contributed by atoms with van der Waals surface area (Å²) in [6.45, 7) is 4.62. The molecule has 2 amide bonds. The zero-order chi connectivity index (χ0) is 29.2. The summed E-state index contributed by atoms with van der Waals surface area (Å²) in [5.41, 5.74) is 1.48. The largest absolute Gasteiger partial charge is 0.605 e. The Morgan fingerprint density at radius 1 is 1.07 bits per heavy atom. The second kappa shape index (κ2) is 11.4. The van der Waals surface area contributed by atoms with Gasteiger partial charge in [0.2, 0.25) is 5.91 Å². The molecule has 2 aromatic rings. The summed E-state index contributed by atoms with van der Waals surface area (Å²) < 4.78 is 11.7. The van der Waals surface area contributed by atoms with E-state index in [1.807, 2.05) is 44.2 Å². The van der Waals surface area contributed by atoms with Crippen LogP contribution in [0, 0.1) is 5.92 Å². The average molecular weight is 552 g/mol. The molecule has 0 bridgehead atoms. The van der Waals surface area contributed by atoms with E-state index in [2.05, 4.69) is 15.6 Å². The molecule has 40 heavy (non-hydrogen) atoms. The van der Waals surface area contributed by atoms with E-state index in [1.54, 1.807) is 26.1 Å². The van der Waals surface area contributed by atoms with Gasteiger partial charge in [-0.25, -0.2) is 9.78 Å². The molecule has 0 aliphatic carbocycles. The lowest BCUT2D eigenvalue weighted by Gasteiger charge is -2.56. The smallest absolute Gasteiger partial charge is 0.603 e. The zero-order valence-corrected chi connectivity index (χ0v) is 23.5. The van der Waals surface area contributed by atoms with E-state index in [1.165, 1.54) is 13.0 Å². The Morgan fingerprint density at radius 2 is 1.77 bits per heavy atom. The number of aliphatic hydroxyl groups is 1. The second-order valence-electron chi connectivity index (χ2n) is 11.4. The van der Waals surface area contributed by atoms with E-state index in [9.17, 15) is 24.3 Å². The molecule has 2 fully saturated rings. The number of likely N-dealkylation sites (N-methyl/N-ethyl adjacent to an activating group) is 1. The Kier molecular flexibility index (Phi) is 8.32. The number of rotatable bonds is 9. The SMILES string of the molecule is CC(C)C[C@H](NC(=O)[C@@H](NC(=O)c1cccc(-c2ccccc2)n1)[C@@H](C)O)[B-]12OC(=O)CC[N+]1(C)[C@H](C)C(=O)O2. The van der Waals surface area contributed by atoms with Gasteiger partial charge in [0, 0.05) is 12.6 Å². The van der Waals surface area contributed by atoms with Crippen LogP contribution in [0.15, 0.2) is 48.5 Å². The lowest BCUT2D eigenvalue weighted by molar-refractivity contribution is -0.837. The fraction of sp³-hybridized carbons (Fsp3) is 0.464. The lowest BCUT2D eigenvalue weighted by atomic mass is 9.55. The van der Waals surface area contributed by atoms with Crippen LogP contribution in [0.3, 0.4) is 0 Å². The van der Waals surface area contributed by atoms with Gasteiger partial charge in [-0.3, -0.25) is 14.4 Å². The summed E-state index contributed by atoms with van der Waals surface area (Å²) in [7, 11) is 1.79. The highest BCUT2D eigenvalue weighted by atomic mass is 16.7. The quantitative estimate of drug-likeness (QED) is 0.398. The summed E-state index contributed by atoms with van der Waals surface area (Å²) >= 11 is 0. The summed E-state index contributed by atoms with van der Waals surface area (Å²) in [4.78, 5) is 56.5. The molecule has 1 aromatic heterocycles. The first-order valence-electron chi connectivity index (χ1n) is 13.6.